The molecule has 0 fully saturated rings. The lowest BCUT2D eigenvalue weighted by atomic mass is 10.2. The molecule has 92 valence electrons. The van der Waals surface area contributed by atoms with E-state index in [2.05, 4.69) is 9.61 Å². The van der Waals surface area contributed by atoms with Crippen LogP contribution >= 0.6 is 11.9 Å². The average molecular weight is 267 g/mol. The Hall–Kier alpha value is -2.52. The third kappa shape index (κ3) is 3.81. The van der Waals surface area contributed by atoms with Crippen molar-refractivity contribution in [2.45, 2.75) is 0 Å². The number of aliphatic carboxylic acids is 1. The number of hydrogen-bond acceptors (Lipinski definition) is 5. The highest BCUT2D eigenvalue weighted by Crippen LogP contribution is 2.12. The maximum absolute atomic E-state index is 10.9. The molecule has 0 radical (unpaired) electrons. The van der Waals surface area contributed by atoms with Gasteiger partial charge in [0, 0.05) is 5.69 Å². The molecule has 0 aliphatic carbocycles. The van der Waals surface area contributed by atoms with Gasteiger partial charge in [0.1, 0.15) is 17.6 Å². The van der Waals surface area contributed by atoms with Crippen LogP contribution in [0.3, 0.4) is 0 Å². The van der Waals surface area contributed by atoms with E-state index in [-0.39, 0.29) is 0 Å². The molecule has 0 amide bonds. The van der Waals surface area contributed by atoms with E-state index in [9.17, 15) is 9.59 Å². The topological polar surface area (TPSA) is 99.4 Å². The van der Waals surface area contributed by atoms with E-state index in [0.29, 0.717) is 17.3 Å². The molecule has 0 aromatic heterocycles. The smallest absolute Gasteiger partial charge is 0.352 e. The molecule has 7 heteroatoms. The van der Waals surface area contributed by atoms with Gasteiger partial charge in [0.05, 0.1) is 17.7 Å². The van der Waals surface area contributed by atoms with Gasteiger partial charge in [-0.3, -0.25) is 0 Å². The molecule has 18 heavy (non-hydrogen) atoms. The predicted molar refractivity (Wildman–Crippen MR) is 62.4 cm³/mol. The molecule has 0 spiro atoms. The number of nitrogens with zero attached hydrogens (tertiary/aromatic N) is 1. The first-order valence-corrected chi connectivity index (χ1v) is 4.92. The van der Waals surface area contributed by atoms with Gasteiger partial charge in [-0.25, -0.2) is 9.59 Å². The molecule has 0 bridgehead atoms. The molecular formula is C11H7ClN2O4. The summed E-state index contributed by atoms with van der Waals surface area (Å²) in [5, 5.41) is 20.0. The number of nitrogens with one attached hydrogen (secondary N) is 1. The SMILES string of the molecule is N#Cc1cccc(NC(=CC(=O)OCl)C(=O)O)c1. The van der Waals surface area contributed by atoms with Gasteiger partial charge in [-0.2, -0.15) is 5.26 Å². The van der Waals surface area contributed by atoms with E-state index in [4.69, 9.17) is 22.2 Å². The minimum atomic E-state index is -1.36. The number of carboxylic acids is 1. The highest BCUT2D eigenvalue weighted by molar-refractivity contribution is 6.15. The molecule has 0 unspecified atom stereocenters. The maximum Gasteiger partial charge on any atom is 0.352 e. The average Bonchev–Trinajstić information content (AvgIpc) is 2.37. The number of anilines is 1. The summed E-state index contributed by atoms with van der Waals surface area (Å²) in [4.78, 5) is 21.7. The standard InChI is InChI=1S/C11H7ClN2O4/c12-18-10(15)5-9(11(16)17)14-8-3-1-2-7(4-8)6-13/h1-5,14H,(H,16,17). The summed E-state index contributed by atoms with van der Waals surface area (Å²) < 4.78 is 3.81. The fourth-order valence-electron chi connectivity index (χ4n) is 1.11. The first-order chi connectivity index (χ1) is 8.56. The third-order valence-corrected chi connectivity index (χ3v) is 1.99. The second-order valence-corrected chi connectivity index (χ2v) is 3.23. The lowest BCUT2D eigenvalue weighted by Gasteiger charge is -2.06. The largest absolute Gasteiger partial charge is 0.477 e. The van der Waals surface area contributed by atoms with Crippen LogP contribution in [0.2, 0.25) is 0 Å². The Bertz CT molecular complexity index is 548. The van der Waals surface area contributed by atoms with E-state index in [1.807, 2.05) is 6.07 Å². The Kier molecular flexibility index (Phi) is 4.72. The maximum atomic E-state index is 10.9. The fraction of sp³-hybridized carbons (Fsp3) is 0. The van der Waals surface area contributed by atoms with E-state index in [1.165, 1.54) is 6.07 Å². The third-order valence-electron chi connectivity index (χ3n) is 1.84. The summed E-state index contributed by atoms with van der Waals surface area (Å²) in [7, 11) is 0. The van der Waals surface area contributed by atoms with Crippen molar-refractivity contribution in [1.29, 1.82) is 5.26 Å². The Balaban J connectivity index is 2.97. The summed E-state index contributed by atoms with van der Waals surface area (Å²) in [6, 6.07) is 8.01. The van der Waals surface area contributed by atoms with Gasteiger partial charge < -0.3 is 14.7 Å². The van der Waals surface area contributed by atoms with Gasteiger partial charge in [-0.15, -0.1) is 0 Å². The van der Waals surface area contributed by atoms with Gasteiger partial charge in [-0.05, 0) is 18.2 Å². The number of halogens is 1. The monoisotopic (exact) mass is 266 g/mol. The Labute approximate surface area is 107 Å². The van der Waals surface area contributed by atoms with Crippen LogP contribution in [0.25, 0.3) is 0 Å². The first kappa shape index (κ1) is 13.5. The summed E-state index contributed by atoms with van der Waals surface area (Å²) in [5.41, 5.74) is 0.283. The Morgan fingerprint density at radius 3 is 2.78 bits per heavy atom. The summed E-state index contributed by atoms with van der Waals surface area (Å²) >= 11 is 4.79. The highest BCUT2D eigenvalue weighted by atomic mass is 35.5. The normalized spacial score (nSPS) is 10.3. The van der Waals surface area contributed by atoms with Crippen molar-refractivity contribution in [2.24, 2.45) is 0 Å². The van der Waals surface area contributed by atoms with Crippen molar-refractivity contribution >= 4 is 29.5 Å². The van der Waals surface area contributed by atoms with Gasteiger partial charge in [-0.1, -0.05) is 6.07 Å². The van der Waals surface area contributed by atoms with Crippen molar-refractivity contribution in [3.05, 3.63) is 41.6 Å². The van der Waals surface area contributed by atoms with Crippen molar-refractivity contribution < 1.29 is 19.0 Å². The number of carbonyl (C=O) groups is 2. The fourth-order valence-corrected chi connectivity index (χ4v) is 1.16. The molecule has 1 aromatic carbocycles. The van der Waals surface area contributed by atoms with Gasteiger partial charge in [0.15, 0.2) is 0 Å². The minimum Gasteiger partial charge on any atom is -0.477 e. The van der Waals surface area contributed by atoms with Gasteiger partial charge >= 0.3 is 11.9 Å². The van der Waals surface area contributed by atoms with Gasteiger partial charge in [0.25, 0.3) is 0 Å². The molecule has 0 saturated carbocycles. The van der Waals surface area contributed by atoms with Crippen LogP contribution in [0, 0.1) is 11.3 Å². The molecule has 1 aromatic rings. The molecular weight excluding hydrogens is 260 g/mol. The van der Waals surface area contributed by atoms with E-state index < -0.39 is 17.6 Å². The van der Waals surface area contributed by atoms with Gasteiger partial charge in [0.2, 0.25) is 0 Å². The number of hydrogen-bond donors (Lipinski definition) is 2. The zero-order chi connectivity index (χ0) is 13.5. The first-order valence-electron chi connectivity index (χ1n) is 4.61. The van der Waals surface area contributed by atoms with Crippen LogP contribution in [0.1, 0.15) is 5.56 Å². The molecule has 2 N–H and O–H groups in total. The van der Waals surface area contributed by atoms with Crippen LogP contribution in [0.15, 0.2) is 36.0 Å². The summed E-state index contributed by atoms with van der Waals surface area (Å²) in [6.45, 7) is 0. The van der Waals surface area contributed by atoms with Crippen LogP contribution < -0.4 is 5.32 Å². The molecule has 0 saturated heterocycles. The van der Waals surface area contributed by atoms with Crippen molar-refractivity contribution in [1.82, 2.24) is 0 Å². The number of carbonyl (C=O) groups excluding carboxylic acids is 1. The zero-order valence-corrected chi connectivity index (χ0v) is 9.64. The molecule has 0 atom stereocenters. The van der Waals surface area contributed by atoms with Crippen molar-refractivity contribution in [3.63, 3.8) is 0 Å². The second kappa shape index (κ2) is 6.27. The van der Waals surface area contributed by atoms with E-state index in [0.717, 1.165) is 0 Å². The molecule has 1 rings (SSSR count). The minimum absolute atomic E-state index is 0.352. The van der Waals surface area contributed by atoms with Crippen LogP contribution in [0.4, 0.5) is 5.69 Å². The molecule has 6 nitrogen and oxygen atoms in total. The summed E-state index contributed by atoms with van der Waals surface area (Å²) in [6.07, 6.45) is 0.689. The van der Waals surface area contributed by atoms with E-state index in [1.54, 1.807) is 18.2 Å². The molecule has 0 heterocycles. The van der Waals surface area contributed by atoms with Crippen LogP contribution in [0.5, 0.6) is 0 Å². The van der Waals surface area contributed by atoms with Crippen LogP contribution in [-0.2, 0) is 13.9 Å². The number of nitriles is 1. The summed E-state index contributed by atoms with van der Waals surface area (Å²) in [5.74, 6) is -2.38. The van der Waals surface area contributed by atoms with Crippen molar-refractivity contribution in [3.8, 4) is 6.07 Å². The number of rotatable bonds is 4. The predicted octanol–water partition coefficient (Wildman–Crippen LogP) is 1.64. The Morgan fingerprint density at radius 2 is 2.22 bits per heavy atom. The lowest BCUT2D eigenvalue weighted by molar-refractivity contribution is -0.134. The quantitative estimate of drug-likeness (QED) is 0.804. The van der Waals surface area contributed by atoms with Crippen LogP contribution in [-0.4, -0.2) is 17.0 Å². The highest BCUT2D eigenvalue weighted by Gasteiger charge is 2.11. The number of benzene rings is 1. The van der Waals surface area contributed by atoms with Crippen molar-refractivity contribution in [2.75, 3.05) is 5.32 Å². The Morgan fingerprint density at radius 1 is 1.50 bits per heavy atom. The number of carboxylic acid groups (broad SMARTS) is 1. The zero-order valence-electron chi connectivity index (χ0n) is 8.88. The molecule has 0 aliphatic rings. The molecule has 0 aliphatic heterocycles. The van der Waals surface area contributed by atoms with E-state index >= 15 is 0 Å². The lowest BCUT2D eigenvalue weighted by Crippen LogP contribution is -2.12. The second-order valence-electron chi connectivity index (χ2n) is 3.08.